The van der Waals surface area contributed by atoms with E-state index in [2.05, 4.69) is 6.92 Å². The molecule has 0 saturated carbocycles. The van der Waals surface area contributed by atoms with E-state index in [1.807, 2.05) is 13.8 Å². The van der Waals surface area contributed by atoms with Crippen molar-refractivity contribution in [3.63, 3.8) is 0 Å². The van der Waals surface area contributed by atoms with Crippen molar-refractivity contribution in [1.82, 2.24) is 13.8 Å². The maximum atomic E-state index is 12.8. The van der Waals surface area contributed by atoms with Crippen LogP contribution < -0.4 is 5.56 Å². The van der Waals surface area contributed by atoms with Crippen LogP contribution in [0.5, 0.6) is 0 Å². The average Bonchev–Trinajstić information content (AvgIpc) is 2.58. The summed E-state index contributed by atoms with van der Waals surface area (Å²) in [6, 6.07) is 2.84. The molecule has 8 heteroatoms. The lowest BCUT2D eigenvalue weighted by atomic mass is 10.0. The van der Waals surface area contributed by atoms with Gasteiger partial charge in [0.25, 0.3) is 5.56 Å². The highest BCUT2D eigenvalue weighted by atomic mass is 32.2. The fourth-order valence-corrected chi connectivity index (χ4v) is 4.58. The Morgan fingerprint density at radius 3 is 2.40 bits per heavy atom. The topological polar surface area (TPSA) is 79.7 Å². The van der Waals surface area contributed by atoms with Gasteiger partial charge in [0.1, 0.15) is 11.4 Å². The molecule has 1 aliphatic rings. The minimum atomic E-state index is -3.83. The monoisotopic (exact) mass is 369 g/mol. The number of sulfonamides is 1. The second-order valence-corrected chi connectivity index (χ2v) is 8.36. The van der Waals surface area contributed by atoms with Crippen LogP contribution in [0.1, 0.15) is 33.6 Å². The number of nitrogens with zero attached hydrogens (tertiary/aromatic N) is 3. The normalized spacial score (nSPS) is 16.8. The molecule has 1 aliphatic heterocycles. The third-order valence-electron chi connectivity index (χ3n) is 4.77. The van der Waals surface area contributed by atoms with Gasteiger partial charge in [0, 0.05) is 32.4 Å². The highest BCUT2D eigenvalue weighted by molar-refractivity contribution is 7.89. The van der Waals surface area contributed by atoms with Crippen molar-refractivity contribution in [3.8, 4) is 0 Å². The summed E-state index contributed by atoms with van der Waals surface area (Å²) in [4.78, 5) is 26.2. The van der Waals surface area contributed by atoms with E-state index in [0.29, 0.717) is 32.1 Å². The van der Waals surface area contributed by atoms with Gasteiger partial charge in [0.2, 0.25) is 15.9 Å². The van der Waals surface area contributed by atoms with Crippen molar-refractivity contribution in [2.24, 2.45) is 5.92 Å². The van der Waals surface area contributed by atoms with Gasteiger partial charge >= 0.3 is 0 Å². The summed E-state index contributed by atoms with van der Waals surface area (Å²) in [6.45, 7) is 7.62. The Hall–Kier alpha value is -1.67. The summed E-state index contributed by atoms with van der Waals surface area (Å²) in [5.74, 6) is 0.291. The Labute approximate surface area is 149 Å². The van der Waals surface area contributed by atoms with Gasteiger partial charge in [-0.05, 0) is 44.7 Å². The Bertz CT molecular complexity index is 760. The second-order valence-electron chi connectivity index (χ2n) is 6.46. The van der Waals surface area contributed by atoms with Crippen molar-refractivity contribution in [2.45, 2.75) is 45.1 Å². The first-order chi connectivity index (χ1) is 11.8. The summed E-state index contributed by atoms with van der Waals surface area (Å²) in [7, 11) is -3.83. The molecule has 25 heavy (non-hydrogen) atoms. The molecule has 1 amide bonds. The molecule has 0 aliphatic carbocycles. The van der Waals surface area contributed by atoms with Crippen LogP contribution in [0.2, 0.25) is 0 Å². The number of piperidine rings is 1. The first-order valence-electron chi connectivity index (χ1n) is 8.78. The molecule has 1 aromatic heterocycles. The van der Waals surface area contributed by atoms with Crippen molar-refractivity contribution in [2.75, 3.05) is 26.2 Å². The summed E-state index contributed by atoms with van der Waals surface area (Å²) in [6.07, 6.45) is 3.04. The van der Waals surface area contributed by atoms with Gasteiger partial charge in [-0.25, -0.2) is 8.42 Å². The highest BCUT2D eigenvalue weighted by Crippen LogP contribution is 2.21. The molecule has 1 saturated heterocycles. The third kappa shape index (κ3) is 4.30. The number of carbonyl (C=O) groups excluding carboxylic acids is 1. The van der Waals surface area contributed by atoms with Gasteiger partial charge in [-0.2, -0.15) is 4.31 Å². The molecule has 0 unspecified atom stereocenters. The summed E-state index contributed by atoms with van der Waals surface area (Å²) in [5.41, 5.74) is -0.637. The van der Waals surface area contributed by atoms with E-state index < -0.39 is 15.6 Å². The van der Waals surface area contributed by atoms with E-state index in [1.54, 1.807) is 4.90 Å². The van der Waals surface area contributed by atoms with Crippen LogP contribution in [0.25, 0.3) is 0 Å². The first-order valence-corrected chi connectivity index (χ1v) is 10.2. The fraction of sp³-hybridized carbons (Fsp3) is 0.647. The maximum absolute atomic E-state index is 12.8. The lowest BCUT2D eigenvalue weighted by Crippen LogP contribution is -2.42. The van der Waals surface area contributed by atoms with E-state index in [1.165, 1.54) is 27.2 Å². The van der Waals surface area contributed by atoms with Gasteiger partial charge in [-0.15, -0.1) is 0 Å². The highest BCUT2D eigenvalue weighted by Gasteiger charge is 2.30. The number of rotatable bonds is 6. The minimum Gasteiger partial charge on any atom is -0.342 e. The predicted octanol–water partition coefficient (Wildman–Crippen LogP) is 1.14. The molecule has 0 aromatic carbocycles. The van der Waals surface area contributed by atoms with Crippen molar-refractivity contribution >= 4 is 15.9 Å². The third-order valence-corrected chi connectivity index (χ3v) is 6.68. The van der Waals surface area contributed by atoms with Gasteiger partial charge in [0.15, 0.2) is 0 Å². The number of amides is 1. The summed E-state index contributed by atoms with van der Waals surface area (Å²) < 4.78 is 28.2. The zero-order chi connectivity index (χ0) is 18.6. The molecule has 0 atom stereocenters. The average molecular weight is 369 g/mol. The number of carbonyl (C=O) groups is 1. The zero-order valence-corrected chi connectivity index (χ0v) is 16.0. The second kappa shape index (κ2) is 8.14. The van der Waals surface area contributed by atoms with Crippen LogP contribution in [-0.2, 0) is 21.4 Å². The Morgan fingerprint density at radius 2 is 1.84 bits per heavy atom. The van der Waals surface area contributed by atoms with E-state index in [9.17, 15) is 18.0 Å². The van der Waals surface area contributed by atoms with Gasteiger partial charge < -0.3 is 9.47 Å². The van der Waals surface area contributed by atoms with Crippen LogP contribution in [0.4, 0.5) is 0 Å². The molecule has 0 spiro atoms. The largest absolute Gasteiger partial charge is 0.342 e. The van der Waals surface area contributed by atoms with Crippen LogP contribution in [0.15, 0.2) is 28.0 Å². The van der Waals surface area contributed by atoms with Crippen molar-refractivity contribution in [3.05, 3.63) is 28.7 Å². The Balaban J connectivity index is 2.29. The number of likely N-dealkylation sites (N-methyl/N-ethyl adjacent to an activating group) is 1. The molecule has 1 fully saturated rings. The molecule has 140 valence electrons. The fourth-order valence-electron chi connectivity index (χ4n) is 3.02. The minimum absolute atomic E-state index is 0.152. The quantitative estimate of drug-likeness (QED) is 0.753. The van der Waals surface area contributed by atoms with E-state index in [-0.39, 0.29) is 17.3 Å². The number of pyridine rings is 1. The zero-order valence-electron chi connectivity index (χ0n) is 15.1. The SMILES string of the molecule is CCN(CC)C(=O)Cn1cccc(S(=O)(=O)N2CCC(C)CC2)c1=O. The molecular weight excluding hydrogens is 342 g/mol. The predicted molar refractivity (Wildman–Crippen MR) is 95.8 cm³/mol. The maximum Gasteiger partial charge on any atom is 0.271 e. The summed E-state index contributed by atoms with van der Waals surface area (Å²) >= 11 is 0. The van der Waals surface area contributed by atoms with Crippen LogP contribution in [-0.4, -0.2) is 54.3 Å². The van der Waals surface area contributed by atoms with Gasteiger partial charge in [0.05, 0.1) is 0 Å². The molecular formula is C17H27N3O4S. The summed E-state index contributed by atoms with van der Waals surface area (Å²) in [5, 5.41) is 0. The lowest BCUT2D eigenvalue weighted by Gasteiger charge is -2.29. The first kappa shape index (κ1) is 19.7. The van der Waals surface area contributed by atoms with Crippen molar-refractivity contribution in [1.29, 1.82) is 0 Å². The van der Waals surface area contributed by atoms with Gasteiger partial charge in [-0.3, -0.25) is 9.59 Å². The smallest absolute Gasteiger partial charge is 0.271 e. The number of aromatic nitrogens is 1. The molecule has 2 rings (SSSR count). The van der Waals surface area contributed by atoms with Gasteiger partial charge in [-0.1, -0.05) is 6.92 Å². The van der Waals surface area contributed by atoms with Crippen molar-refractivity contribution < 1.29 is 13.2 Å². The van der Waals surface area contributed by atoms with Crippen LogP contribution in [0, 0.1) is 5.92 Å². The molecule has 0 radical (unpaired) electrons. The number of hydrogen-bond acceptors (Lipinski definition) is 4. The molecule has 0 N–H and O–H groups in total. The lowest BCUT2D eigenvalue weighted by molar-refractivity contribution is -0.131. The van der Waals surface area contributed by atoms with E-state index in [4.69, 9.17) is 0 Å². The Morgan fingerprint density at radius 1 is 1.24 bits per heavy atom. The number of hydrogen-bond donors (Lipinski definition) is 0. The van der Waals surface area contributed by atoms with Crippen LogP contribution in [0.3, 0.4) is 0 Å². The van der Waals surface area contributed by atoms with E-state index in [0.717, 1.165) is 12.8 Å². The molecule has 0 bridgehead atoms. The molecule has 7 nitrogen and oxygen atoms in total. The standard InChI is InChI=1S/C17H27N3O4S/c1-4-18(5-2)16(21)13-19-10-6-7-15(17(19)22)25(23,24)20-11-8-14(3)9-12-20/h6-7,10,14H,4-5,8-9,11-13H2,1-3H3. The molecule has 1 aromatic rings. The van der Waals surface area contributed by atoms with Crippen LogP contribution >= 0.6 is 0 Å². The Kier molecular flexibility index (Phi) is 6.40. The molecule has 2 heterocycles. The van der Waals surface area contributed by atoms with E-state index >= 15 is 0 Å².